The Labute approximate surface area is 179 Å². The van der Waals surface area contributed by atoms with E-state index in [1.54, 1.807) is 12.1 Å². The van der Waals surface area contributed by atoms with Crippen LogP contribution < -0.4 is 0 Å². The van der Waals surface area contributed by atoms with Crippen molar-refractivity contribution in [3.05, 3.63) is 40.5 Å². The summed E-state index contributed by atoms with van der Waals surface area (Å²) in [7, 11) is 0. The molecular formula is C24H33ClN2O2. The van der Waals surface area contributed by atoms with Gasteiger partial charge in [-0.25, -0.2) is 0 Å². The standard InChI is InChI=1S/C24H33ClN2O2/c1-3-4-5-6-7-8-15-27-23(28)21(19-9-11-20(25)12-10-19)22(24(27)29)26-16-13-18(2)14-17-26/h9-12,18H,3-8,13-17H2,1-2H3. The molecule has 158 valence electrons. The van der Waals surface area contributed by atoms with Crippen molar-refractivity contribution in [3.8, 4) is 0 Å². The number of rotatable bonds is 9. The molecule has 2 aliphatic rings. The molecule has 1 fully saturated rings. The average Bonchev–Trinajstić information content (AvgIpc) is 2.96. The quantitative estimate of drug-likeness (QED) is 0.393. The topological polar surface area (TPSA) is 40.6 Å². The van der Waals surface area contributed by atoms with Gasteiger partial charge in [0.25, 0.3) is 11.8 Å². The molecule has 0 bridgehead atoms. The molecule has 0 saturated carbocycles. The number of piperidine rings is 1. The molecule has 0 atom stereocenters. The molecule has 3 rings (SSSR count). The largest absolute Gasteiger partial charge is 0.366 e. The second-order valence-corrected chi connectivity index (χ2v) is 8.87. The maximum Gasteiger partial charge on any atom is 0.277 e. The van der Waals surface area contributed by atoms with Crippen molar-refractivity contribution in [1.29, 1.82) is 0 Å². The van der Waals surface area contributed by atoms with E-state index in [4.69, 9.17) is 11.6 Å². The zero-order valence-electron chi connectivity index (χ0n) is 17.8. The van der Waals surface area contributed by atoms with E-state index in [0.717, 1.165) is 44.3 Å². The summed E-state index contributed by atoms with van der Waals surface area (Å²) < 4.78 is 0. The molecule has 0 spiro atoms. The van der Waals surface area contributed by atoms with Gasteiger partial charge in [-0.2, -0.15) is 0 Å². The maximum atomic E-state index is 13.3. The predicted molar refractivity (Wildman–Crippen MR) is 118 cm³/mol. The molecule has 1 aromatic rings. The number of carbonyl (C=O) groups excluding carboxylic acids is 2. The molecule has 5 heteroatoms. The third kappa shape index (κ3) is 5.22. The summed E-state index contributed by atoms with van der Waals surface area (Å²) in [4.78, 5) is 30.2. The number of imide groups is 1. The van der Waals surface area contributed by atoms with Crippen LogP contribution in [-0.2, 0) is 9.59 Å². The summed E-state index contributed by atoms with van der Waals surface area (Å²) in [6, 6.07) is 7.27. The van der Waals surface area contributed by atoms with Crippen LogP contribution in [0.3, 0.4) is 0 Å². The highest BCUT2D eigenvalue weighted by Crippen LogP contribution is 2.34. The van der Waals surface area contributed by atoms with Gasteiger partial charge in [0.1, 0.15) is 5.70 Å². The normalized spacial score (nSPS) is 18.3. The number of halogens is 1. The van der Waals surface area contributed by atoms with Gasteiger partial charge in [-0.1, -0.05) is 69.7 Å². The third-order valence-corrected chi connectivity index (χ3v) is 6.36. The Balaban J connectivity index is 1.78. The molecule has 0 radical (unpaired) electrons. The molecule has 0 aromatic heterocycles. The highest BCUT2D eigenvalue weighted by atomic mass is 35.5. The molecule has 29 heavy (non-hydrogen) atoms. The molecule has 2 aliphatic heterocycles. The number of benzene rings is 1. The zero-order chi connectivity index (χ0) is 20.8. The van der Waals surface area contributed by atoms with Gasteiger partial charge in [0.15, 0.2) is 0 Å². The highest BCUT2D eigenvalue weighted by molar-refractivity contribution is 6.36. The summed E-state index contributed by atoms with van der Waals surface area (Å²) in [5, 5.41) is 0.628. The van der Waals surface area contributed by atoms with Crippen LogP contribution in [0.1, 0.15) is 70.8 Å². The fourth-order valence-electron chi connectivity index (χ4n) is 4.22. The number of unbranched alkanes of at least 4 members (excludes halogenated alkanes) is 5. The van der Waals surface area contributed by atoms with E-state index < -0.39 is 0 Å². The molecule has 0 aliphatic carbocycles. The molecule has 1 aromatic carbocycles. The Bertz CT molecular complexity index is 749. The number of nitrogens with zero attached hydrogens (tertiary/aromatic N) is 2. The van der Waals surface area contributed by atoms with Crippen molar-refractivity contribution in [2.24, 2.45) is 5.92 Å². The molecule has 4 nitrogen and oxygen atoms in total. The van der Waals surface area contributed by atoms with E-state index in [0.29, 0.717) is 28.8 Å². The molecule has 0 N–H and O–H groups in total. The van der Waals surface area contributed by atoms with E-state index in [-0.39, 0.29) is 11.8 Å². The Hall–Kier alpha value is -1.81. The van der Waals surface area contributed by atoms with Gasteiger partial charge in [0.2, 0.25) is 0 Å². The first-order chi connectivity index (χ1) is 14.0. The Morgan fingerprint density at radius 2 is 1.55 bits per heavy atom. The van der Waals surface area contributed by atoms with Gasteiger partial charge in [0.05, 0.1) is 5.57 Å². The van der Waals surface area contributed by atoms with E-state index >= 15 is 0 Å². The van der Waals surface area contributed by atoms with Gasteiger partial charge >= 0.3 is 0 Å². The average molecular weight is 417 g/mol. The van der Waals surface area contributed by atoms with Crippen LogP contribution in [-0.4, -0.2) is 41.2 Å². The van der Waals surface area contributed by atoms with Crippen molar-refractivity contribution in [2.75, 3.05) is 19.6 Å². The van der Waals surface area contributed by atoms with E-state index in [9.17, 15) is 9.59 Å². The van der Waals surface area contributed by atoms with Gasteiger partial charge < -0.3 is 4.90 Å². The van der Waals surface area contributed by atoms with E-state index in [1.165, 1.54) is 30.6 Å². The van der Waals surface area contributed by atoms with E-state index in [1.807, 2.05) is 12.1 Å². The molecule has 2 amide bonds. The summed E-state index contributed by atoms with van der Waals surface area (Å²) >= 11 is 6.05. The number of carbonyl (C=O) groups is 2. The van der Waals surface area contributed by atoms with Gasteiger partial charge in [0, 0.05) is 24.7 Å². The Kier molecular flexibility index (Phi) is 7.77. The maximum absolute atomic E-state index is 13.3. The molecular weight excluding hydrogens is 384 g/mol. The first-order valence-corrected chi connectivity index (χ1v) is 11.5. The van der Waals surface area contributed by atoms with Gasteiger partial charge in [-0.15, -0.1) is 0 Å². The second kappa shape index (κ2) is 10.3. The van der Waals surface area contributed by atoms with Crippen LogP contribution in [0.25, 0.3) is 5.57 Å². The monoisotopic (exact) mass is 416 g/mol. The summed E-state index contributed by atoms with van der Waals surface area (Å²) in [6.07, 6.45) is 8.90. The minimum atomic E-state index is -0.153. The van der Waals surface area contributed by atoms with Gasteiger partial charge in [-0.3, -0.25) is 14.5 Å². The van der Waals surface area contributed by atoms with Crippen LogP contribution in [0, 0.1) is 5.92 Å². The lowest BCUT2D eigenvalue weighted by Crippen LogP contribution is -2.38. The minimum Gasteiger partial charge on any atom is -0.366 e. The van der Waals surface area contributed by atoms with Crippen molar-refractivity contribution < 1.29 is 9.59 Å². The van der Waals surface area contributed by atoms with Crippen LogP contribution in [0.2, 0.25) is 5.02 Å². The number of hydrogen-bond donors (Lipinski definition) is 0. The smallest absolute Gasteiger partial charge is 0.277 e. The van der Waals surface area contributed by atoms with Crippen molar-refractivity contribution >= 4 is 29.0 Å². The highest BCUT2D eigenvalue weighted by Gasteiger charge is 2.41. The number of likely N-dealkylation sites (tertiary alicyclic amines) is 1. The lowest BCUT2D eigenvalue weighted by atomic mass is 9.97. The lowest BCUT2D eigenvalue weighted by molar-refractivity contribution is -0.137. The summed E-state index contributed by atoms with van der Waals surface area (Å²) in [5.41, 5.74) is 1.93. The van der Waals surface area contributed by atoms with Crippen LogP contribution in [0.15, 0.2) is 30.0 Å². The summed E-state index contributed by atoms with van der Waals surface area (Å²) in [6.45, 7) is 6.62. The third-order valence-electron chi connectivity index (χ3n) is 6.11. The fourth-order valence-corrected chi connectivity index (χ4v) is 4.34. The minimum absolute atomic E-state index is 0.122. The Morgan fingerprint density at radius 1 is 0.931 bits per heavy atom. The predicted octanol–water partition coefficient (Wildman–Crippen LogP) is 5.51. The van der Waals surface area contributed by atoms with Crippen molar-refractivity contribution in [3.63, 3.8) is 0 Å². The van der Waals surface area contributed by atoms with Gasteiger partial charge in [-0.05, 0) is 42.9 Å². The lowest BCUT2D eigenvalue weighted by Gasteiger charge is -2.32. The van der Waals surface area contributed by atoms with Crippen molar-refractivity contribution in [2.45, 2.75) is 65.2 Å². The number of amides is 2. The second-order valence-electron chi connectivity index (χ2n) is 8.43. The number of hydrogen-bond acceptors (Lipinski definition) is 3. The van der Waals surface area contributed by atoms with Crippen LogP contribution in [0.5, 0.6) is 0 Å². The fraction of sp³-hybridized carbons (Fsp3) is 0.583. The van der Waals surface area contributed by atoms with E-state index in [2.05, 4.69) is 18.7 Å². The van der Waals surface area contributed by atoms with Crippen LogP contribution in [0.4, 0.5) is 0 Å². The molecule has 2 heterocycles. The zero-order valence-corrected chi connectivity index (χ0v) is 18.5. The molecule has 0 unspecified atom stereocenters. The van der Waals surface area contributed by atoms with Crippen molar-refractivity contribution in [1.82, 2.24) is 9.80 Å². The van der Waals surface area contributed by atoms with Crippen LogP contribution >= 0.6 is 11.6 Å². The first-order valence-electron chi connectivity index (χ1n) is 11.1. The Morgan fingerprint density at radius 3 is 2.21 bits per heavy atom. The molecule has 1 saturated heterocycles. The SMILES string of the molecule is CCCCCCCCN1C(=O)C(c2ccc(Cl)cc2)=C(N2CCC(C)CC2)C1=O. The summed E-state index contributed by atoms with van der Waals surface area (Å²) in [5.74, 6) is 0.389. The first kappa shape index (κ1) is 21.9.